The molecule has 3 aromatic rings. The van der Waals surface area contributed by atoms with Crippen molar-refractivity contribution < 1.29 is 14.4 Å². The van der Waals surface area contributed by atoms with Crippen LogP contribution in [0.1, 0.15) is 17.3 Å². The highest BCUT2D eigenvalue weighted by molar-refractivity contribution is 7.22. The monoisotopic (exact) mass is 436 g/mol. The van der Waals surface area contributed by atoms with Gasteiger partial charge in [0.2, 0.25) is 11.8 Å². The van der Waals surface area contributed by atoms with Gasteiger partial charge in [-0.05, 0) is 36.4 Å². The topological polar surface area (TPSA) is 100 Å². The Morgan fingerprint density at radius 3 is 2.57 bits per heavy atom. The molecule has 3 N–H and O–H groups in total. The van der Waals surface area contributed by atoms with E-state index >= 15 is 0 Å². The average Bonchev–Trinajstić information content (AvgIpc) is 3.00. The molecular weight excluding hydrogens is 423 g/mol. The molecule has 10 heteroatoms. The van der Waals surface area contributed by atoms with Crippen molar-refractivity contribution in [1.29, 1.82) is 0 Å². The molecule has 0 unspecified atom stereocenters. The Morgan fingerprint density at radius 2 is 1.86 bits per heavy atom. The van der Waals surface area contributed by atoms with Gasteiger partial charge in [0.15, 0.2) is 5.13 Å². The summed E-state index contributed by atoms with van der Waals surface area (Å²) in [5.74, 6) is -1.09. The second-order valence-corrected chi connectivity index (χ2v) is 7.61. The zero-order valence-electron chi connectivity index (χ0n) is 14.5. The van der Waals surface area contributed by atoms with E-state index in [1.807, 2.05) is 0 Å². The summed E-state index contributed by atoms with van der Waals surface area (Å²) < 4.78 is 0.804. The standard InChI is InChI=1S/C18H14Cl2N4O3S/c1-9(25)22-11-3-5-14-15(7-11)28-18(23-14)24-16(26)8-21-17(27)12-4-2-10(19)6-13(12)20/h2-7H,8H2,1H3,(H,21,27)(H,22,25)(H,23,24,26). The van der Waals surface area contributed by atoms with Crippen molar-refractivity contribution in [2.45, 2.75) is 6.92 Å². The lowest BCUT2D eigenvalue weighted by atomic mass is 10.2. The molecule has 0 atom stereocenters. The first-order chi connectivity index (χ1) is 13.3. The van der Waals surface area contributed by atoms with Crippen LogP contribution >= 0.6 is 34.5 Å². The van der Waals surface area contributed by atoms with Crippen molar-refractivity contribution in [3.63, 3.8) is 0 Å². The number of carbonyl (C=O) groups is 3. The predicted molar refractivity (Wildman–Crippen MR) is 111 cm³/mol. The van der Waals surface area contributed by atoms with Crippen LogP contribution in [0.5, 0.6) is 0 Å². The molecule has 28 heavy (non-hydrogen) atoms. The highest BCUT2D eigenvalue weighted by Crippen LogP contribution is 2.28. The number of carbonyl (C=O) groups excluding carboxylic acids is 3. The van der Waals surface area contributed by atoms with Gasteiger partial charge in [-0.15, -0.1) is 0 Å². The second-order valence-electron chi connectivity index (χ2n) is 5.74. The molecule has 3 amide bonds. The molecule has 0 aliphatic heterocycles. The largest absolute Gasteiger partial charge is 0.343 e. The minimum atomic E-state index is -0.485. The molecule has 1 heterocycles. The molecule has 0 saturated carbocycles. The minimum Gasteiger partial charge on any atom is -0.343 e. The van der Waals surface area contributed by atoms with Crippen molar-refractivity contribution in [1.82, 2.24) is 10.3 Å². The van der Waals surface area contributed by atoms with Crippen LogP contribution in [-0.4, -0.2) is 29.3 Å². The van der Waals surface area contributed by atoms with E-state index in [0.29, 0.717) is 21.4 Å². The van der Waals surface area contributed by atoms with Gasteiger partial charge in [0, 0.05) is 17.6 Å². The molecule has 0 radical (unpaired) electrons. The Kier molecular flexibility index (Phi) is 6.13. The van der Waals surface area contributed by atoms with Crippen LogP contribution in [0.15, 0.2) is 36.4 Å². The number of nitrogens with zero attached hydrogens (tertiary/aromatic N) is 1. The van der Waals surface area contributed by atoms with Crippen LogP contribution in [-0.2, 0) is 9.59 Å². The third-order valence-corrected chi connectivity index (χ3v) is 5.02. The van der Waals surface area contributed by atoms with Gasteiger partial charge in [0.1, 0.15) is 0 Å². The van der Waals surface area contributed by atoms with Crippen LogP contribution in [0.3, 0.4) is 0 Å². The summed E-state index contributed by atoms with van der Waals surface area (Å²) in [5, 5.41) is 8.82. The van der Waals surface area contributed by atoms with Crippen LogP contribution in [0.25, 0.3) is 10.2 Å². The predicted octanol–water partition coefficient (Wildman–Crippen LogP) is 3.93. The first-order valence-corrected chi connectivity index (χ1v) is 9.60. The van der Waals surface area contributed by atoms with Gasteiger partial charge in [0.05, 0.1) is 27.3 Å². The summed E-state index contributed by atoms with van der Waals surface area (Å²) in [7, 11) is 0. The zero-order valence-corrected chi connectivity index (χ0v) is 16.8. The molecule has 1 aromatic heterocycles. The molecule has 0 aliphatic rings. The van der Waals surface area contributed by atoms with Crippen molar-refractivity contribution in [3.05, 3.63) is 52.0 Å². The number of hydrogen-bond donors (Lipinski definition) is 3. The SMILES string of the molecule is CC(=O)Nc1ccc2nc(NC(=O)CNC(=O)c3ccc(Cl)cc3Cl)sc2c1. The van der Waals surface area contributed by atoms with E-state index in [-0.39, 0.29) is 23.0 Å². The van der Waals surface area contributed by atoms with Crippen LogP contribution in [0.2, 0.25) is 10.0 Å². The highest BCUT2D eigenvalue weighted by Gasteiger charge is 2.13. The number of rotatable bonds is 5. The second kappa shape index (κ2) is 8.55. The third kappa shape index (κ3) is 4.98. The quantitative estimate of drug-likeness (QED) is 0.563. The number of halogens is 2. The molecule has 0 spiro atoms. The van der Waals surface area contributed by atoms with Gasteiger partial charge >= 0.3 is 0 Å². The summed E-state index contributed by atoms with van der Waals surface area (Å²) in [6.45, 7) is 1.18. The zero-order chi connectivity index (χ0) is 20.3. The van der Waals surface area contributed by atoms with E-state index in [1.165, 1.54) is 30.4 Å². The Labute approximate surface area is 174 Å². The van der Waals surface area contributed by atoms with Gasteiger partial charge in [-0.2, -0.15) is 0 Å². The van der Waals surface area contributed by atoms with E-state index < -0.39 is 11.8 Å². The van der Waals surface area contributed by atoms with Gasteiger partial charge in [-0.3, -0.25) is 14.4 Å². The fourth-order valence-electron chi connectivity index (χ4n) is 2.35. The van der Waals surface area contributed by atoms with Crippen molar-refractivity contribution in [3.8, 4) is 0 Å². The van der Waals surface area contributed by atoms with E-state index in [4.69, 9.17) is 23.2 Å². The lowest BCUT2D eigenvalue weighted by Gasteiger charge is -2.06. The maximum Gasteiger partial charge on any atom is 0.253 e. The smallest absolute Gasteiger partial charge is 0.253 e. The molecule has 0 fully saturated rings. The Morgan fingerprint density at radius 1 is 1.07 bits per heavy atom. The van der Waals surface area contributed by atoms with Gasteiger partial charge in [0.25, 0.3) is 5.91 Å². The minimum absolute atomic E-state index is 0.172. The summed E-state index contributed by atoms with van der Waals surface area (Å²) in [5.41, 5.74) is 1.56. The molecule has 0 bridgehead atoms. The van der Waals surface area contributed by atoms with Crippen LogP contribution < -0.4 is 16.0 Å². The molecule has 0 saturated heterocycles. The van der Waals surface area contributed by atoms with Gasteiger partial charge in [-0.1, -0.05) is 34.5 Å². The first kappa shape index (κ1) is 20.1. The summed E-state index contributed by atoms with van der Waals surface area (Å²) in [4.78, 5) is 39.7. The molecule has 144 valence electrons. The summed E-state index contributed by atoms with van der Waals surface area (Å²) in [6, 6.07) is 9.72. The van der Waals surface area contributed by atoms with Crippen LogP contribution in [0, 0.1) is 0 Å². The molecule has 7 nitrogen and oxygen atoms in total. The van der Waals surface area contributed by atoms with Gasteiger partial charge < -0.3 is 16.0 Å². The fraction of sp³-hybridized carbons (Fsp3) is 0.111. The molecule has 0 aliphatic carbocycles. The number of hydrogen-bond acceptors (Lipinski definition) is 5. The lowest BCUT2D eigenvalue weighted by Crippen LogP contribution is -2.32. The number of benzene rings is 2. The first-order valence-electron chi connectivity index (χ1n) is 8.03. The summed E-state index contributed by atoms with van der Waals surface area (Å²) >= 11 is 13.0. The number of aromatic nitrogens is 1. The maximum absolute atomic E-state index is 12.1. The van der Waals surface area contributed by atoms with E-state index in [9.17, 15) is 14.4 Å². The Bertz CT molecular complexity index is 1080. The highest BCUT2D eigenvalue weighted by atomic mass is 35.5. The van der Waals surface area contributed by atoms with Crippen molar-refractivity contribution >= 4 is 73.3 Å². The number of amides is 3. The summed E-state index contributed by atoms with van der Waals surface area (Å²) in [6.07, 6.45) is 0. The molecule has 3 rings (SSSR count). The normalized spacial score (nSPS) is 10.5. The van der Waals surface area contributed by atoms with E-state index in [0.717, 1.165) is 4.70 Å². The molecular formula is C18H14Cl2N4O3S. The Balaban J connectivity index is 1.61. The number of fused-ring (bicyclic) bond motifs is 1. The number of anilines is 2. The van der Waals surface area contributed by atoms with Crippen molar-refractivity contribution in [2.24, 2.45) is 0 Å². The lowest BCUT2D eigenvalue weighted by molar-refractivity contribution is -0.115. The number of thiazole rings is 1. The molecule has 2 aromatic carbocycles. The number of nitrogens with one attached hydrogen (secondary N) is 3. The van der Waals surface area contributed by atoms with Crippen molar-refractivity contribution in [2.75, 3.05) is 17.2 Å². The van der Waals surface area contributed by atoms with E-state index in [1.54, 1.807) is 24.3 Å². The Hall–Kier alpha value is -2.68. The fourth-order valence-corrected chi connectivity index (χ4v) is 3.77. The van der Waals surface area contributed by atoms with Gasteiger partial charge in [-0.25, -0.2) is 4.98 Å². The maximum atomic E-state index is 12.1. The average molecular weight is 437 g/mol. The van der Waals surface area contributed by atoms with Crippen LogP contribution in [0.4, 0.5) is 10.8 Å². The van der Waals surface area contributed by atoms with E-state index in [2.05, 4.69) is 20.9 Å². The third-order valence-electron chi connectivity index (χ3n) is 3.54.